The highest BCUT2D eigenvalue weighted by atomic mass is 16.1. The molecule has 0 bridgehead atoms. The van der Waals surface area contributed by atoms with E-state index in [9.17, 15) is 4.79 Å². The van der Waals surface area contributed by atoms with Crippen molar-refractivity contribution in [1.29, 1.82) is 0 Å². The first kappa shape index (κ1) is 16.2. The van der Waals surface area contributed by atoms with Crippen molar-refractivity contribution in [2.24, 2.45) is 0 Å². The Kier molecular flexibility index (Phi) is 4.90. The molecule has 0 aliphatic heterocycles. The molecule has 3 N–H and O–H groups in total. The highest BCUT2D eigenvalue weighted by Crippen LogP contribution is 2.13. The van der Waals surface area contributed by atoms with Crippen molar-refractivity contribution in [2.75, 3.05) is 18.4 Å². The highest BCUT2D eigenvalue weighted by Gasteiger charge is 2.08. The molecule has 7 heteroatoms. The SMILES string of the molecule is CCN(CC)Cc1ccccc1CNc1nc2[nH]ncc2c(=O)[nH]1. The van der Waals surface area contributed by atoms with Crippen LogP contribution >= 0.6 is 0 Å². The van der Waals surface area contributed by atoms with E-state index in [0.717, 1.165) is 19.6 Å². The lowest BCUT2D eigenvalue weighted by Crippen LogP contribution is -2.23. The maximum Gasteiger partial charge on any atom is 0.263 e. The van der Waals surface area contributed by atoms with Crippen molar-refractivity contribution in [3.63, 3.8) is 0 Å². The molecule has 2 aromatic heterocycles. The summed E-state index contributed by atoms with van der Waals surface area (Å²) >= 11 is 0. The summed E-state index contributed by atoms with van der Waals surface area (Å²) in [5, 5.41) is 10.2. The summed E-state index contributed by atoms with van der Waals surface area (Å²) in [5.41, 5.74) is 2.75. The maximum atomic E-state index is 12.0. The van der Waals surface area contributed by atoms with Gasteiger partial charge in [-0.25, -0.2) is 0 Å². The molecular formula is C17H22N6O. The average molecular weight is 326 g/mol. The zero-order chi connectivity index (χ0) is 16.9. The van der Waals surface area contributed by atoms with E-state index in [1.165, 1.54) is 17.3 Å². The second kappa shape index (κ2) is 7.27. The van der Waals surface area contributed by atoms with Crippen LogP contribution in [-0.2, 0) is 13.1 Å². The maximum absolute atomic E-state index is 12.0. The van der Waals surface area contributed by atoms with Gasteiger partial charge < -0.3 is 5.32 Å². The molecule has 3 aromatic rings. The van der Waals surface area contributed by atoms with Gasteiger partial charge in [0.1, 0.15) is 5.39 Å². The fraction of sp³-hybridized carbons (Fsp3) is 0.353. The summed E-state index contributed by atoms with van der Waals surface area (Å²) < 4.78 is 0. The molecule has 0 saturated heterocycles. The number of nitrogens with zero attached hydrogens (tertiary/aromatic N) is 3. The minimum atomic E-state index is -0.201. The number of hydrogen-bond acceptors (Lipinski definition) is 5. The number of nitrogens with one attached hydrogen (secondary N) is 3. The van der Waals surface area contributed by atoms with Gasteiger partial charge in [0.2, 0.25) is 5.95 Å². The third kappa shape index (κ3) is 3.46. The van der Waals surface area contributed by atoms with E-state index >= 15 is 0 Å². The van der Waals surface area contributed by atoms with Gasteiger partial charge in [-0.2, -0.15) is 10.1 Å². The van der Waals surface area contributed by atoms with Crippen LogP contribution in [0.2, 0.25) is 0 Å². The molecule has 0 radical (unpaired) electrons. The number of fused-ring (bicyclic) bond motifs is 1. The Balaban J connectivity index is 1.77. The molecule has 0 atom stereocenters. The Labute approximate surface area is 140 Å². The third-order valence-electron chi connectivity index (χ3n) is 4.17. The predicted molar refractivity (Wildman–Crippen MR) is 94.9 cm³/mol. The van der Waals surface area contributed by atoms with Gasteiger partial charge in [-0.3, -0.25) is 19.8 Å². The molecule has 126 valence electrons. The Morgan fingerprint density at radius 3 is 2.67 bits per heavy atom. The quantitative estimate of drug-likeness (QED) is 0.619. The first-order valence-electron chi connectivity index (χ1n) is 8.17. The van der Waals surface area contributed by atoms with E-state index in [0.29, 0.717) is 23.5 Å². The molecule has 0 unspecified atom stereocenters. The van der Waals surface area contributed by atoms with Crippen LogP contribution < -0.4 is 10.9 Å². The summed E-state index contributed by atoms with van der Waals surface area (Å²) in [6.07, 6.45) is 1.48. The molecule has 7 nitrogen and oxygen atoms in total. The van der Waals surface area contributed by atoms with Gasteiger partial charge in [0.05, 0.1) is 6.20 Å². The van der Waals surface area contributed by atoms with Crippen LogP contribution in [-0.4, -0.2) is 38.2 Å². The molecular weight excluding hydrogens is 304 g/mol. The summed E-state index contributed by atoms with van der Waals surface area (Å²) in [4.78, 5) is 21.4. The minimum absolute atomic E-state index is 0.201. The van der Waals surface area contributed by atoms with Crippen molar-refractivity contribution >= 4 is 17.0 Å². The molecule has 0 saturated carbocycles. The van der Waals surface area contributed by atoms with Crippen LogP contribution in [0.25, 0.3) is 11.0 Å². The fourth-order valence-corrected chi connectivity index (χ4v) is 2.68. The molecule has 0 spiro atoms. The molecule has 0 aliphatic rings. The van der Waals surface area contributed by atoms with Gasteiger partial charge >= 0.3 is 0 Å². The molecule has 0 aliphatic carbocycles. The molecule has 0 fully saturated rings. The fourth-order valence-electron chi connectivity index (χ4n) is 2.68. The van der Waals surface area contributed by atoms with Gasteiger partial charge in [0.15, 0.2) is 5.65 Å². The number of aromatic amines is 2. The number of hydrogen-bond donors (Lipinski definition) is 3. The molecule has 2 heterocycles. The Morgan fingerprint density at radius 1 is 1.17 bits per heavy atom. The van der Waals surface area contributed by atoms with Gasteiger partial charge in [0, 0.05) is 13.1 Å². The predicted octanol–water partition coefficient (Wildman–Crippen LogP) is 2.10. The Morgan fingerprint density at radius 2 is 1.92 bits per heavy atom. The lowest BCUT2D eigenvalue weighted by Gasteiger charge is -2.20. The smallest absolute Gasteiger partial charge is 0.263 e. The topological polar surface area (TPSA) is 89.7 Å². The molecule has 3 rings (SSSR count). The average Bonchev–Trinajstić information content (AvgIpc) is 3.08. The van der Waals surface area contributed by atoms with Crippen LogP contribution in [0.1, 0.15) is 25.0 Å². The van der Waals surface area contributed by atoms with Crippen LogP contribution in [0.4, 0.5) is 5.95 Å². The van der Waals surface area contributed by atoms with Crippen LogP contribution in [0.15, 0.2) is 35.3 Å². The van der Waals surface area contributed by atoms with Crippen molar-refractivity contribution < 1.29 is 0 Å². The zero-order valence-corrected chi connectivity index (χ0v) is 14.0. The lowest BCUT2D eigenvalue weighted by atomic mass is 10.1. The first-order chi connectivity index (χ1) is 11.7. The lowest BCUT2D eigenvalue weighted by molar-refractivity contribution is 0.295. The minimum Gasteiger partial charge on any atom is -0.352 e. The standard InChI is InChI=1S/C17H22N6O/c1-3-23(4-2)11-13-8-6-5-7-12(13)9-18-17-20-15-14(10-19-22-15)16(24)21-17/h5-8,10H,3-4,9,11H2,1-2H3,(H3,18,19,20,21,22,24). The molecule has 1 aromatic carbocycles. The Bertz CT molecular complexity index is 865. The molecule has 24 heavy (non-hydrogen) atoms. The van der Waals surface area contributed by atoms with Crippen molar-refractivity contribution in [3.8, 4) is 0 Å². The summed E-state index contributed by atoms with van der Waals surface area (Å²) in [6.45, 7) is 7.87. The van der Waals surface area contributed by atoms with E-state index in [-0.39, 0.29) is 5.56 Å². The summed E-state index contributed by atoms with van der Waals surface area (Å²) in [7, 11) is 0. The summed E-state index contributed by atoms with van der Waals surface area (Å²) in [5.74, 6) is 0.439. The number of benzene rings is 1. The van der Waals surface area contributed by atoms with Crippen molar-refractivity contribution in [3.05, 3.63) is 51.9 Å². The van der Waals surface area contributed by atoms with Crippen LogP contribution in [0.5, 0.6) is 0 Å². The summed E-state index contributed by atoms with van der Waals surface area (Å²) in [6, 6.07) is 8.32. The number of rotatable bonds is 7. The van der Waals surface area contributed by atoms with Crippen molar-refractivity contribution in [2.45, 2.75) is 26.9 Å². The van der Waals surface area contributed by atoms with Crippen molar-refractivity contribution in [1.82, 2.24) is 25.1 Å². The second-order valence-corrected chi connectivity index (χ2v) is 5.63. The van der Waals surface area contributed by atoms with Gasteiger partial charge in [-0.05, 0) is 24.2 Å². The number of aromatic nitrogens is 4. The molecule has 0 amide bonds. The third-order valence-corrected chi connectivity index (χ3v) is 4.17. The zero-order valence-electron chi connectivity index (χ0n) is 14.0. The van der Waals surface area contributed by atoms with Crippen LogP contribution in [0, 0.1) is 0 Å². The van der Waals surface area contributed by atoms with Gasteiger partial charge in [-0.1, -0.05) is 38.1 Å². The van der Waals surface area contributed by atoms with Crippen LogP contribution in [0.3, 0.4) is 0 Å². The van der Waals surface area contributed by atoms with E-state index < -0.39 is 0 Å². The van der Waals surface area contributed by atoms with E-state index in [2.05, 4.69) is 62.4 Å². The van der Waals surface area contributed by atoms with E-state index in [1.54, 1.807) is 0 Å². The van der Waals surface area contributed by atoms with E-state index in [1.807, 2.05) is 6.07 Å². The monoisotopic (exact) mass is 326 g/mol. The largest absolute Gasteiger partial charge is 0.352 e. The normalized spacial score (nSPS) is 11.3. The highest BCUT2D eigenvalue weighted by molar-refractivity contribution is 5.73. The number of H-pyrrole nitrogens is 2. The second-order valence-electron chi connectivity index (χ2n) is 5.63. The number of anilines is 1. The first-order valence-corrected chi connectivity index (χ1v) is 8.17. The van der Waals surface area contributed by atoms with Gasteiger partial charge in [0.25, 0.3) is 5.56 Å². The Hall–Kier alpha value is -2.67. The van der Waals surface area contributed by atoms with Gasteiger partial charge in [-0.15, -0.1) is 0 Å². The van der Waals surface area contributed by atoms with E-state index in [4.69, 9.17) is 0 Å².